The summed E-state index contributed by atoms with van der Waals surface area (Å²) in [5, 5.41) is 8.83. The number of nitrogens with zero attached hydrogens (tertiary/aromatic N) is 3. The third-order valence-electron chi connectivity index (χ3n) is 4.95. The smallest absolute Gasteiger partial charge is 0.339 e. The molecule has 0 saturated carbocycles. The second kappa shape index (κ2) is 8.24. The predicted octanol–water partition coefficient (Wildman–Crippen LogP) is 3.89. The fraction of sp³-hybridized carbons (Fsp3) is 0.333. The van der Waals surface area contributed by atoms with E-state index in [1.807, 2.05) is 49.7 Å². The third-order valence-corrected chi connectivity index (χ3v) is 6.08. The Morgan fingerprint density at radius 1 is 1.17 bits per heavy atom. The zero-order valence-corrected chi connectivity index (χ0v) is 18.2. The van der Waals surface area contributed by atoms with E-state index in [-0.39, 0.29) is 5.78 Å². The van der Waals surface area contributed by atoms with Gasteiger partial charge in [0.1, 0.15) is 0 Å². The van der Waals surface area contributed by atoms with E-state index in [0.717, 1.165) is 17.0 Å². The van der Waals surface area contributed by atoms with Crippen molar-refractivity contribution in [1.82, 2.24) is 19.7 Å². The van der Waals surface area contributed by atoms with Gasteiger partial charge in [-0.25, -0.2) is 4.79 Å². The van der Waals surface area contributed by atoms with E-state index in [2.05, 4.69) is 15.2 Å². The maximum Gasteiger partial charge on any atom is 0.339 e. The molecule has 2 heterocycles. The average Bonchev–Trinajstić information content (AvgIpc) is 3.20. The number of aromatic nitrogens is 4. The largest absolute Gasteiger partial charge is 0.465 e. The first-order valence-electron chi connectivity index (χ1n) is 9.20. The van der Waals surface area contributed by atoms with Crippen molar-refractivity contribution in [1.29, 1.82) is 0 Å². The summed E-state index contributed by atoms with van der Waals surface area (Å²) in [7, 11) is 3.22. The fourth-order valence-corrected chi connectivity index (χ4v) is 4.17. The summed E-state index contributed by atoms with van der Waals surface area (Å²) in [5.41, 5.74) is 4.17. The standard InChI is InChI=1S/C21H24N4O3S/c1-11-9-7-8-10-15(11)19-23-24-21(25(19)5)29-14(4)18(26)17-12(2)16(13(3)22-17)20(27)28-6/h7-10,14,22H,1-6H3/t14-/m1/s1. The Labute approximate surface area is 173 Å². The van der Waals surface area contributed by atoms with Crippen molar-refractivity contribution in [2.75, 3.05) is 7.11 Å². The zero-order valence-electron chi connectivity index (χ0n) is 17.4. The van der Waals surface area contributed by atoms with E-state index in [1.54, 1.807) is 13.8 Å². The van der Waals surface area contributed by atoms with E-state index in [4.69, 9.17) is 4.74 Å². The SMILES string of the molecule is COC(=O)c1c(C)[nH]c(C(=O)[C@@H](C)Sc2nnc(-c3ccccc3C)n2C)c1C. The quantitative estimate of drug-likeness (QED) is 0.375. The minimum Gasteiger partial charge on any atom is -0.465 e. The number of carbonyl (C=O) groups is 2. The van der Waals surface area contributed by atoms with Gasteiger partial charge >= 0.3 is 5.97 Å². The third kappa shape index (κ3) is 3.85. The molecular formula is C21H24N4O3S. The highest BCUT2D eigenvalue weighted by molar-refractivity contribution is 8.00. The number of H-pyrrole nitrogens is 1. The number of ether oxygens (including phenoxy) is 1. The first-order chi connectivity index (χ1) is 13.8. The summed E-state index contributed by atoms with van der Waals surface area (Å²) in [5.74, 6) is 0.197. The molecule has 0 aliphatic rings. The summed E-state index contributed by atoms with van der Waals surface area (Å²) in [6.45, 7) is 7.35. The lowest BCUT2D eigenvalue weighted by molar-refractivity contribution is 0.0599. The van der Waals surface area contributed by atoms with Crippen LogP contribution < -0.4 is 0 Å². The number of rotatable bonds is 6. The molecule has 152 valence electrons. The van der Waals surface area contributed by atoms with Crippen molar-refractivity contribution in [3.8, 4) is 11.4 Å². The van der Waals surface area contributed by atoms with Crippen LogP contribution in [-0.4, -0.2) is 43.9 Å². The summed E-state index contributed by atoms with van der Waals surface area (Å²) < 4.78 is 6.71. The molecule has 0 fully saturated rings. The van der Waals surface area contributed by atoms with Crippen LogP contribution in [0, 0.1) is 20.8 Å². The molecule has 7 nitrogen and oxygen atoms in total. The van der Waals surface area contributed by atoms with Gasteiger partial charge in [0.05, 0.1) is 23.6 Å². The second-order valence-electron chi connectivity index (χ2n) is 6.92. The van der Waals surface area contributed by atoms with Gasteiger partial charge in [0, 0.05) is 18.3 Å². The van der Waals surface area contributed by atoms with Crippen molar-refractivity contribution < 1.29 is 14.3 Å². The lowest BCUT2D eigenvalue weighted by Gasteiger charge is -2.10. The molecule has 3 rings (SSSR count). The minimum atomic E-state index is -0.452. The van der Waals surface area contributed by atoms with Crippen molar-refractivity contribution >= 4 is 23.5 Å². The highest BCUT2D eigenvalue weighted by Gasteiger charge is 2.27. The number of nitrogens with one attached hydrogen (secondary N) is 1. The maximum absolute atomic E-state index is 13.0. The molecule has 1 N–H and O–H groups in total. The number of hydrogen-bond donors (Lipinski definition) is 1. The fourth-order valence-electron chi connectivity index (χ4n) is 3.30. The van der Waals surface area contributed by atoms with Crippen LogP contribution in [0.5, 0.6) is 0 Å². The topological polar surface area (TPSA) is 89.9 Å². The average molecular weight is 413 g/mol. The van der Waals surface area contributed by atoms with Crippen LogP contribution in [0.2, 0.25) is 0 Å². The Morgan fingerprint density at radius 3 is 2.52 bits per heavy atom. The molecule has 1 atom stereocenters. The van der Waals surface area contributed by atoms with Gasteiger partial charge < -0.3 is 14.3 Å². The summed E-state index contributed by atoms with van der Waals surface area (Å²) in [6.07, 6.45) is 0. The molecule has 0 aliphatic carbocycles. The molecule has 0 aliphatic heterocycles. The van der Waals surface area contributed by atoms with Gasteiger partial charge in [-0.2, -0.15) is 0 Å². The first-order valence-corrected chi connectivity index (χ1v) is 10.1. The van der Waals surface area contributed by atoms with Crippen LogP contribution in [0.15, 0.2) is 29.4 Å². The number of esters is 1. The molecule has 0 amide bonds. The first kappa shape index (κ1) is 20.9. The van der Waals surface area contributed by atoms with Gasteiger partial charge in [-0.15, -0.1) is 10.2 Å². The molecule has 3 aromatic rings. The van der Waals surface area contributed by atoms with Crippen molar-refractivity contribution in [2.45, 2.75) is 38.1 Å². The van der Waals surface area contributed by atoms with E-state index in [9.17, 15) is 9.59 Å². The molecule has 0 bridgehead atoms. The number of benzene rings is 1. The Morgan fingerprint density at radius 2 is 1.86 bits per heavy atom. The van der Waals surface area contributed by atoms with E-state index < -0.39 is 11.2 Å². The summed E-state index contributed by atoms with van der Waals surface area (Å²) in [6, 6.07) is 7.97. The number of hydrogen-bond acceptors (Lipinski definition) is 6. The van der Waals surface area contributed by atoms with E-state index in [1.165, 1.54) is 18.9 Å². The number of aryl methyl sites for hydroxylation is 2. The van der Waals surface area contributed by atoms with Gasteiger partial charge in [0.2, 0.25) is 0 Å². The zero-order chi connectivity index (χ0) is 21.3. The van der Waals surface area contributed by atoms with Crippen LogP contribution >= 0.6 is 11.8 Å². The Kier molecular flexibility index (Phi) is 5.93. The van der Waals surface area contributed by atoms with Gasteiger partial charge in [-0.05, 0) is 38.8 Å². The van der Waals surface area contributed by atoms with Crippen LogP contribution in [0.25, 0.3) is 11.4 Å². The number of carbonyl (C=O) groups excluding carboxylic acids is 2. The highest BCUT2D eigenvalue weighted by Crippen LogP contribution is 2.30. The Bertz CT molecular complexity index is 1080. The summed E-state index contributed by atoms with van der Waals surface area (Å²) >= 11 is 1.34. The molecule has 0 saturated heterocycles. The lowest BCUT2D eigenvalue weighted by atomic mass is 10.1. The molecule has 1 aromatic carbocycles. The highest BCUT2D eigenvalue weighted by atomic mass is 32.2. The second-order valence-corrected chi connectivity index (χ2v) is 8.23. The lowest BCUT2D eigenvalue weighted by Crippen LogP contribution is -2.16. The molecule has 0 radical (unpaired) electrons. The molecular weight excluding hydrogens is 388 g/mol. The van der Waals surface area contributed by atoms with Gasteiger partial charge in [0.25, 0.3) is 0 Å². The van der Waals surface area contributed by atoms with Gasteiger partial charge in [0.15, 0.2) is 16.8 Å². The predicted molar refractivity (Wildman–Crippen MR) is 112 cm³/mol. The van der Waals surface area contributed by atoms with Crippen LogP contribution in [-0.2, 0) is 11.8 Å². The minimum absolute atomic E-state index is 0.105. The van der Waals surface area contributed by atoms with Gasteiger partial charge in [-0.1, -0.05) is 36.0 Å². The molecule has 0 spiro atoms. The number of methoxy groups -OCH3 is 1. The van der Waals surface area contributed by atoms with E-state index >= 15 is 0 Å². The van der Waals surface area contributed by atoms with Crippen LogP contribution in [0.4, 0.5) is 0 Å². The Balaban J connectivity index is 1.85. The number of thioether (sulfide) groups is 1. The number of ketones is 1. The molecule has 2 aromatic heterocycles. The normalized spacial score (nSPS) is 12.1. The summed E-state index contributed by atoms with van der Waals surface area (Å²) in [4.78, 5) is 28.0. The molecule has 8 heteroatoms. The monoisotopic (exact) mass is 412 g/mol. The Hall–Kier alpha value is -2.87. The van der Waals surface area contributed by atoms with Crippen molar-refractivity contribution in [3.05, 3.63) is 52.3 Å². The van der Waals surface area contributed by atoms with Crippen LogP contribution in [0.3, 0.4) is 0 Å². The van der Waals surface area contributed by atoms with Crippen molar-refractivity contribution in [2.24, 2.45) is 7.05 Å². The number of aromatic amines is 1. The molecule has 29 heavy (non-hydrogen) atoms. The van der Waals surface area contributed by atoms with Gasteiger partial charge in [-0.3, -0.25) is 4.79 Å². The van der Waals surface area contributed by atoms with E-state index in [0.29, 0.717) is 27.7 Å². The van der Waals surface area contributed by atoms with Crippen LogP contribution in [0.1, 0.15) is 44.6 Å². The number of Topliss-reactive ketones (excluding diaryl/α,β-unsaturated/α-hetero) is 1. The van der Waals surface area contributed by atoms with Crippen molar-refractivity contribution in [3.63, 3.8) is 0 Å². The maximum atomic E-state index is 13.0. The molecule has 0 unspecified atom stereocenters.